The Hall–Kier alpha value is -2.07. The molecule has 0 aliphatic heterocycles. The van der Waals surface area contributed by atoms with E-state index in [2.05, 4.69) is 0 Å². The van der Waals surface area contributed by atoms with Gasteiger partial charge in [-0.05, 0) is 35.7 Å². The molecule has 0 fully saturated rings. The van der Waals surface area contributed by atoms with Gasteiger partial charge in [0.2, 0.25) is 12.3 Å². The van der Waals surface area contributed by atoms with Crippen LogP contribution in [0.1, 0.15) is 10.4 Å². The highest BCUT2D eigenvalue weighted by Gasteiger charge is 2.12. The van der Waals surface area contributed by atoms with E-state index in [0.717, 1.165) is 10.8 Å². The van der Waals surface area contributed by atoms with Gasteiger partial charge in [0, 0.05) is 17.0 Å². The molecule has 0 radical (unpaired) electrons. The Kier molecular flexibility index (Phi) is 4.81. The van der Waals surface area contributed by atoms with Crippen molar-refractivity contribution in [1.29, 1.82) is 0 Å². The summed E-state index contributed by atoms with van der Waals surface area (Å²) in [5, 5.41) is 2.22. The standard InChI is InChI=1S/C17H13FNO.BrH/c18-16-7-5-14(6-8-16)17(20)12-19-10-9-13-3-1-2-4-15(13)11-19;/h1-11H,12H2;1H/q+1;. The maximum Gasteiger partial charge on any atom is 0.227 e. The van der Waals surface area contributed by atoms with Crippen LogP contribution < -0.4 is 4.57 Å². The van der Waals surface area contributed by atoms with E-state index in [1.807, 2.05) is 47.3 Å². The zero-order valence-electron chi connectivity index (χ0n) is 11.2. The van der Waals surface area contributed by atoms with Gasteiger partial charge in [-0.1, -0.05) is 18.2 Å². The topological polar surface area (TPSA) is 20.9 Å². The van der Waals surface area contributed by atoms with Crippen molar-refractivity contribution in [1.82, 2.24) is 0 Å². The van der Waals surface area contributed by atoms with Crippen molar-refractivity contribution >= 4 is 33.5 Å². The molecular weight excluding hydrogens is 333 g/mol. The predicted octanol–water partition coefficient (Wildman–Crippen LogP) is 3.73. The van der Waals surface area contributed by atoms with Gasteiger partial charge in [-0.25, -0.2) is 4.39 Å². The summed E-state index contributed by atoms with van der Waals surface area (Å²) in [5.41, 5.74) is 0.520. The summed E-state index contributed by atoms with van der Waals surface area (Å²) in [5.74, 6) is -0.370. The number of rotatable bonds is 3. The van der Waals surface area contributed by atoms with Gasteiger partial charge in [-0.3, -0.25) is 4.79 Å². The van der Waals surface area contributed by atoms with E-state index in [1.54, 1.807) is 0 Å². The number of pyridine rings is 1. The number of nitrogens with zero attached hydrogens (tertiary/aromatic N) is 1. The molecule has 21 heavy (non-hydrogen) atoms. The first-order valence-electron chi connectivity index (χ1n) is 6.39. The van der Waals surface area contributed by atoms with Crippen LogP contribution in [-0.4, -0.2) is 5.78 Å². The SMILES string of the molecule is Br.O=C(C[n+]1ccc2ccccc2c1)c1ccc(F)cc1. The van der Waals surface area contributed by atoms with E-state index in [0.29, 0.717) is 5.56 Å². The van der Waals surface area contributed by atoms with Crippen LogP contribution in [0.3, 0.4) is 0 Å². The number of hydrogen-bond acceptors (Lipinski definition) is 1. The fourth-order valence-electron chi connectivity index (χ4n) is 2.17. The molecule has 0 amide bonds. The van der Waals surface area contributed by atoms with E-state index < -0.39 is 0 Å². The smallest absolute Gasteiger partial charge is 0.227 e. The fourth-order valence-corrected chi connectivity index (χ4v) is 2.17. The third-order valence-electron chi connectivity index (χ3n) is 3.24. The van der Waals surface area contributed by atoms with E-state index in [1.165, 1.54) is 24.3 Å². The number of fused-ring (bicyclic) bond motifs is 1. The molecule has 0 spiro atoms. The van der Waals surface area contributed by atoms with Crippen molar-refractivity contribution < 1.29 is 13.8 Å². The van der Waals surface area contributed by atoms with Crippen LogP contribution in [-0.2, 0) is 6.54 Å². The molecule has 0 saturated heterocycles. The molecule has 0 unspecified atom stereocenters. The summed E-state index contributed by atoms with van der Waals surface area (Å²) in [7, 11) is 0. The Labute approximate surface area is 132 Å². The molecule has 0 N–H and O–H groups in total. The second-order valence-corrected chi connectivity index (χ2v) is 4.68. The average Bonchev–Trinajstić information content (AvgIpc) is 2.48. The van der Waals surface area contributed by atoms with Crippen molar-refractivity contribution in [3.05, 3.63) is 78.4 Å². The normalized spacial score (nSPS) is 10.1. The summed E-state index contributed by atoms with van der Waals surface area (Å²) in [6.45, 7) is 0.246. The molecule has 1 aromatic heterocycles. The van der Waals surface area contributed by atoms with Gasteiger partial charge in [0.25, 0.3) is 0 Å². The summed E-state index contributed by atoms with van der Waals surface area (Å²) < 4.78 is 14.7. The van der Waals surface area contributed by atoms with Gasteiger partial charge < -0.3 is 0 Å². The Morgan fingerprint density at radius 2 is 1.62 bits per heavy atom. The largest absolute Gasteiger partial charge is 0.287 e. The average molecular weight is 347 g/mol. The monoisotopic (exact) mass is 346 g/mol. The van der Waals surface area contributed by atoms with Crippen LogP contribution in [0, 0.1) is 5.82 Å². The third kappa shape index (κ3) is 3.52. The van der Waals surface area contributed by atoms with Crippen LogP contribution in [0.25, 0.3) is 10.8 Å². The van der Waals surface area contributed by atoms with E-state index in [4.69, 9.17) is 0 Å². The summed E-state index contributed by atoms with van der Waals surface area (Å²) in [4.78, 5) is 12.1. The molecule has 0 aliphatic carbocycles. The van der Waals surface area contributed by atoms with Gasteiger partial charge in [0.1, 0.15) is 5.82 Å². The summed E-state index contributed by atoms with van der Waals surface area (Å²) in [6, 6.07) is 15.6. The number of benzene rings is 2. The highest BCUT2D eigenvalue weighted by molar-refractivity contribution is 8.93. The van der Waals surface area contributed by atoms with Crippen molar-refractivity contribution in [3.8, 4) is 0 Å². The predicted molar refractivity (Wildman–Crippen MR) is 85.2 cm³/mol. The minimum absolute atomic E-state index is 0. The van der Waals surface area contributed by atoms with Gasteiger partial charge in [-0.15, -0.1) is 17.0 Å². The Morgan fingerprint density at radius 3 is 2.33 bits per heavy atom. The van der Waals surface area contributed by atoms with Crippen LogP contribution in [0.15, 0.2) is 67.0 Å². The first kappa shape index (κ1) is 15.3. The van der Waals surface area contributed by atoms with Crippen LogP contribution >= 0.6 is 17.0 Å². The number of carbonyl (C=O) groups is 1. The third-order valence-corrected chi connectivity index (χ3v) is 3.24. The van der Waals surface area contributed by atoms with Crippen molar-refractivity contribution in [3.63, 3.8) is 0 Å². The van der Waals surface area contributed by atoms with Crippen molar-refractivity contribution in [2.75, 3.05) is 0 Å². The Morgan fingerprint density at radius 1 is 0.952 bits per heavy atom. The second kappa shape index (κ2) is 6.59. The lowest BCUT2D eigenvalue weighted by atomic mass is 10.1. The molecule has 0 aliphatic rings. The van der Waals surface area contributed by atoms with Gasteiger partial charge >= 0.3 is 0 Å². The zero-order valence-corrected chi connectivity index (χ0v) is 12.9. The first-order valence-corrected chi connectivity index (χ1v) is 6.39. The number of halogens is 2. The van der Waals surface area contributed by atoms with Gasteiger partial charge in [0.15, 0.2) is 12.4 Å². The van der Waals surface area contributed by atoms with E-state index in [9.17, 15) is 9.18 Å². The lowest BCUT2D eigenvalue weighted by Crippen LogP contribution is -2.37. The number of hydrogen-bond donors (Lipinski definition) is 0. The lowest BCUT2D eigenvalue weighted by Gasteiger charge is -2.00. The molecule has 4 heteroatoms. The molecule has 0 saturated carbocycles. The van der Waals surface area contributed by atoms with Crippen LogP contribution in [0.4, 0.5) is 4.39 Å². The quantitative estimate of drug-likeness (QED) is 0.523. The van der Waals surface area contributed by atoms with E-state index in [-0.39, 0.29) is 35.1 Å². The van der Waals surface area contributed by atoms with Crippen LogP contribution in [0.2, 0.25) is 0 Å². The number of Topliss-reactive ketones (excluding diaryl/α,β-unsaturated/α-hetero) is 1. The molecule has 1 heterocycles. The van der Waals surface area contributed by atoms with E-state index >= 15 is 0 Å². The zero-order chi connectivity index (χ0) is 13.9. The number of carbonyl (C=O) groups excluding carboxylic acids is 1. The number of ketones is 1. The van der Waals surface area contributed by atoms with Gasteiger partial charge in [0.05, 0.1) is 0 Å². The fraction of sp³-hybridized carbons (Fsp3) is 0.0588. The maximum absolute atomic E-state index is 12.8. The molecule has 0 atom stereocenters. The Bertz CT molecular complexity index is 771. The molecule has 0 bridgehead atoms. The van der Waals surface area contributed by atoms with Crippen LogP contribution in [0.5, 0.6) is 0 Å². The molecular formula is C17H14BrFNO+. The minimum Gasteiger partial charge on any atom is -0.287 e. The summed E-state index contributed by atoms with van der Waals surface area (Å²) >= 11 is 0. The summed E-state index contributed by atoms with van der Waals surface area (Å²) in [6.07, 6.45) is 3.82. The second-order valence-electron chi connectivity index (χ2n) is 4.68. The molecule has 2 nitrogen and oxygen atoms in total. The Balaban J connectivity index is 0.00000161. The molecule has 106 valence electrons. The minimum atomic E-state index is -0.333. The maximum atomic E-state index is 12.8. The van der Waals surface area contributed by atoms with Crippen molar-refractivity contribution in [2.24, 2.45) is 0 Å². The highest BCUT2D eigenvalue weighted by Crippen LogP contribution is 2.10. The number of aromatic nitrogens is 1. The molecule has 2 aromatic carbocycles. The first-order chi connectivity index (χ1) is 9.72. The van der Waals surface area contributed by atoms with Gasteiger partial charge in [-0.2, -0.15) is 4.57 Å². The molecule has 3 rings (SSSR count). The molecule has 3 aromatic rings. The highest BCUT2D eigenvalue weighted by atomic mass is 79.9. The lowest BCUT2D eigenvalue weighted by molar-refractivity contribution is -0.681. The van der Waals surface area contributed by atoms with Crippen molar-refractivity contribution in [2.45, 2.75) is 6.54 Å².